The molecule has 1 heteroatoms. The monoisotopic (exact) mass is 245 g/mol. The molecule has 1 nitrogen and oxygen atoms in total. The fourth-order valence-corrected chi connectivity index (χ4v) is 1.74. The molecule has 0 bridgehead atoms. The molecule has 0 aliphatic heterocycles. The molecule has 0 atom stereocenters. The molecule has 0 aromatic heterocycles. The van der Waals surface area contributed by atoms with Gasteiger partial charge in [-0.2, -0.15) is 0 Å². The first kappa shape index (κ1) is 15.0. The average molecular weight is 245 g/mol. The van der Waals surface area contributed by atoms with Gasteiger partial charge in [-0.25, -0.2) is 0 Å². The third-order valence-electron chi connectivity index (χ3n) is 3.06. The summed E-state index contributed by atoms with van der Waals surface area (Å²) in [5.41, 5.74) is 4.34. The Kier molecular flexibility index (Phi) is 5.61. The van der Waals surface area contributed by atoms with E-state index in [0.29, 0.717) is 0 Å². The number of nitrogens with one attached hydrogen (secondary N) is 1. The third-order valence-corrected chi connectivity index (χ3v) is 3.06. The van der Waals surface area contributed by atoms with Crippen molar-refractivity contribution in [1.82, 2.24) is 5.32 Å². The molecular formula is C17H27N. The predicted molar refractivity (Wildman–Crippen MR) is 81.8 cm³/mol. The summed E-state index contributed by atoms with van der Waals surface area (Å²) in [4.78, 5) is 0. The molecule has 0 amide bonds. The Bertz CT molecular complexity index is 379. The minimum absolute atomic E-state index is 0.181. The second-order valence-electron chi connectivity index (χ2n) is 5.85. The van der Waals surface area contributed by atoms with Crippen LogP contribution in [0, 0.1) is 0 Å². The van der Waals surface area contributed by atoms with Crippen LogP contribution >= 0.6 is 0 Å². The van der Waals surface area contributed by atoms with Gasteiger partial charge in [-0.3, -0.25) is 0 Å². The zero-order valence-electron chi connectivity index (χ0n) is 12.5. The van der Waals surface area contributed by atoms with E-state index in [1.807, 2.05) is 0 Å². The van der Waals surface area contributed by atoms with Gasteiger partial charge in [-0.15, -0.1) is 0 Å². The van der Waals surface area contributed by atoms with Gasteiger partial charge in [0.25, 0.3) is 0 Å². The molecule has 0 saturated carbocycles. The van der Waals surface area contributed by atoms with E-state index in [0.717, 1.165) is 19.4 Å². The van der Waals surface area contributed by atoms with Crippen LogP contribution in [-0.4, -0.2) is 12.1 Å². The van der Waals surface area contributed by atoms with Gasteiger partial charge in [0.15, 0.2) is 0 Å². The van der Waals surface area contributed by atoms with E-state index in [4.69, 9.17) is 0 Å². The average Bonchev–Trinajstić information content (AvgIpc) is 2.34. The number of aryl methyl sites for hydroxylation is 1. The highest BCUT2D eigenvalue weighted by Gasteiger charge is 2.08. The van der Waals surface area contributed by atoms with Crippen LogP contribution in [0.1, 0.15) is 52.2 Å². The molecule has 0 fully saturated rings. The lowest BCUT2D eigenvalue weighted by molar-refractivity contribution is 0.443. The van der Waals surface area contributed by atoms with Crippen LogP contribution in [0.15, 0.2) is 29.8 Å². The fraction of sp³-hybridized carbons (Fsp3) is 0.529. The quantitative estimate of drug-likeness (QED) is 0.809. The molecule has 1 rings (SSSR count). The summed E-state index contributed by atoms with van der Waals surface area (Å²) >= 11 is 0. The molecule has 100 valence electrons. The van der Waals surface area contributed by atoms with E-state index in [9.17, 15) is 0 Å². The Balaban J connectivity index is 2.70. The van der Waals surface area contributed by atoms with E-state index >= 15 is 0 Å². The Morgan fingerprint density at radius 1 is 1.11 bits per heavy atom. The lowest BCUT2D eigenvalue weighted by Gasteiger charge is -2.21. The molecule has 0 unspecified atom stereocenters. The molecule has 0 aliphatic carbocycles. The summed E-state index contributed by atoms with van der Waals surface area (Å²) in [5.74, 6) is 0. The van der Waals surface area contributed by atoms with Gasteiger partial charge in [0.2, 0.25) is 0 Å². The topological polar surface area (TPSA) is 12.0 Å². The van der Waals surface area contributed by atoms with Gasteiger partial charge in [0, 0.05) is 12.1 Å². The summed E-state index contributed by atoms with van der Waals surface area (Å²) < 4.78 is 0. The van der Waals surface area contributed by atoms with E-state index in [-0.39, 0.29) is 5.54 Å². The molecule has 0 heterocycles. The first-order valence-electron chi connectivity index (χ1n) is 6.98. The van der Waals surface area contributed by atoms with Gasteiger partial charge >= 0.3 is 0 Å². The summed E-state index contributed by atoms with van der Waals surface area (Å²) in [6.07, 6.45) is 4.51. The van der Waals surface area contributed by atoms with Gasteiger partial charge in [0.05, 0.1) is 0 Å². The van der Waals surface area contributed by atoms with E-state index in [2.05, 4.69) is 70.3 Å². The van der Waals surface area contributed by atoms with Crippen LogP contribution in [-0.2, 0) is 6.42 Å². The highest BCUT2D eigenvalue weighted by atomic mass is 14.9. The lowest BCUT2D eigenvalue weighted by atomic mass is 10.0. The van der Waals surface area contributed by atoms with Crippen molar-refractivity contribution in [2.24, 2.45) is 0 Å². The molecular weight excluding hydrogens is 218 g/mol. The largest absolute Gasteiger partial charge is 0.308 e. The molecule has 0 saturated heterocycles. The van der Waals surface area contributed by atoms with Crippen molar-refractivity contribution in [2.45, 2.75) is 53.0 Å². The van der Waals surface area contributed by atoms with Crippen molar-refractivity contribution in [3.63, 3.8) is 0 Å². The molecule has 1 aromatic carbocycles. The normalized spacial score (nSPS) is 12.8. The van der Waals surface area contributed by atoms with Crippen LogP contribution in [0.5, 0.6) is 0 Å². The van der Waals surface area contributed by atoms with Gasteiger partial charge < -0.3 is 5.32 Å². The first-order valence-corrected chi connectivity index (χ1v) is 6.98. The predicted octanol–water partition coefficient (Wildman–Crippen LogP) is 4.43. The Hall–Kier alpha value is -1.08. The summed E-state index contributed by atoms with van der Waals surface area (Å²) in [6.45, 7) is 12.0. The minimum atomic E-state index is 0.181. The zero-order chi connectivity index (χ0) is 13.6. The van der Waals surface area contributed by atoms with Crippen molar-refractivity contribution in [1.29, 1.82) is 0 Å². The number of hydrogen-bond acceptors (Lipinski definition) is 1. The Labute approximate surface area is 112 Å². The van der Waals surface area contributed by atoms with Crippen molar-refractivity contribution < 1.29 is 0 Å². The van der Waals surface area contributed by atoms with E-state index < -0.39 is 0 Å². The summed E-state index contributed by atoms with van der Waals surface area (Å²) in [5, 5.41) is 3.55. The standard InChI is InChI=1S/C17H27N/c1-6-14-8-10-16(11-9-14)12-15(7-2)13-18-17(3,4)5/h8-12,18H,6-7,13H2,1-5H3. The van der Waals surface area contributed by atoms with Gasteiger partial charge in [-0.1, -0.05) is 49.8 Å². The fourth-order valence-electron chi connectivity index (χ4n) is 1.74. The Morgan fingerprint density at radius 3 is 2.17 bits per heavy atom. The van der Waals surface area contributed by atoms with E-state index in [1.165, 1.54) is 16.7 Å². The molecule has 0 spiro atoms. The highest BCUT2D eigenvalue weighted by Crippen LogP contribution is 2.12. The smallest absolute Gasteiger partial charge is 0.0172 e. The van der Waals surface area contributed by atoms with Crippen LogP contribution in [0.25, 0.3) is 6.08 Å². The van der Waals surface area contributed by atoms with Crippen LogP contribution in [0.3, 0.4) is 0 Å². The molecule has 0 aliphatic rings. The maximum atomic E-state index is 3.55. The summed E-state index contributed by atoms with van der Waals surface area (Å²) in [7, 11) is 0. The van der Waals surface area contributed by atoms with Crippen LogP contribution < -0.4 is 5.32 Å². The SMILES string of the molecule is CCC(=Cc1ccc(CC)cc1)CNC(C)(C)C. The van der Waals surface area contributed by atoms with Crippen molar-refractivity contribution in [3.8, 4) is 0 Å². The second-order valence-corrected chi connectivity index (χ2v) is 5.85. The molecule has 1 aromatic rings. The third kappa shape index (κ3) is 5.50. The lowest BCUT2D eigenvalue weighted by Crippen LogP contribution is -2.36. The maximum absolute atomic E-state index is 3.55. The second kappa shape index (κ2) is 6.75. The highest BCUT2D eigenvalue weighted by molar-refractivity contribution is 5.53. The van der Waals surface area contributed by atoms with Crippen molar-refractivity contribution >= 4 is 6.08 Å². The molecule has 0 radical (unpaired) electrons. The van der Waals surface area contributed by atoms with E-state index in [1.54, 1.807) is 0 Å². The zero-order valence-corrected chi connectivity index (χ0v) is 12.5. The summed E-state index contributed by atoms with van der Waals surface area (Å²) in [6, 6.07) is 8.86. The van der Waals surface area contributed by atoms with Gasteiger partial charge in [-0.05, 0) is 44.7 Å². The maximum Gasteiger partial charge on any atom is 0.0172 e. The number of benzene rings is 1. The number of hydrogen-bond donors (Lipinski definition) is 1. The van der Waals surface area contributed by atoms with Crippen LogP contribution in [0.2, 0.25) is 0 Å². The molecule has 1 N–H and O–H groups in total. The van der Waals surface area contributed by atoms with Crippen molar-refractivity contribution in [3.05, 3.63) is 41.0 Å². The van der Waals surface area contributed by atoms with Crippen LogP contribution in [0.4, 0.5) is 0 Å². The van der Waals surface area contributed by atoms with Gasteiger partial charge in [0.1, 0.15) is 0 Å². The van der Waals surface area contributed by atoms with Crippen molar-refractivity contribution in [2.75, 3.05) is 6.54 Å². The Morgan fingerprint density at radius 2 is 1.72 bits per heavy atom. The number of rotatable bonds is 5. The minimum Gasteiger partial charge on any atom is -0.308 e. The first-order chi connectivity index (χ1) is 8.44. The molecule has 18 heavy (non-hydrogen) atoms.